The Balaban J connectivity index is -0.0000000450. The third-order valence-electron chi connectivity index (χ3n) is 0. The summed E-state index contributed by atoms with van der Waals surface area (Å²) in [4.78, 5) is 9.00. The van der Waals surface area contributed by atoms with Gasteiger partial charge in [-0.15, -0.1) is 12.4 Å². The number of amides is 2. The van der Waals surface area contributed by atoms with Gasteiger partial charge in [-0.3, -0.25) is 0 Å². The second-order valence-electron chi connectivity index (χ2n) is 0.402. The predicted molar refractivity (Wildman–Crippen MR) is 21.0 cm³/mol. The summed E-state index contributed by atoms with van der Waals surface area (Å²) in [5.74, 6) is 0. The number of halogens is 1. The van der Waals surface area contributed by atoms with E-state index in [0.717, 1.165) is 0 Å². The number of carbonyl (C=O) groups is 1. The van der Waals surface area contributed by atoms with Crippen LogP contribution in [-0.2, 0) is 20.4 Å². The number of rotatable bonds is 0. The summed E-state index contributed by atoms with van der Waals surface area (Å²) in [6.07, 6.45) is 0. The SMILES string of the molecule is Cl.NC(N)=O.[Pd]. The van der Waals surface area contributed by atoms with E-state index in [2.05, 4.69) is 11.5 Å². The first kappa shape index (κ1) is 16.3. The van der Waals surface area contributed by atoms with Gasteiger partial charge in [0.05, 0.1) is 0 Å². The van der Waals surface area contributed by atoms with Crippen LogP contribution in [0.1, 0.15) is 0 Å². The van der Waals surface area contributed by atoms with E-state index in [4.69, 9.17) is 4.79 Å². The first-order chi connectivity index (χ1) is 1.73. The normalized spacial score (nSPS) is 4.00. The van der Waals surface area contributed by atoms with Gasteiger partial charge in [-0.1, -0.05) is 0 Å². The summed E-state index contributed by atoms with van der Waals surface area (Å²) in [5, 5.41) is 0. The van der Waals surface area contributed by atoms with Crippen LogP contribution in [0.4, 0.5) is 4.79 Å². The number of carbonyl (C=O) groups excluding carboxylic acids is 1. The molecule has 0 aliphatic heterocycles. The quantitative estimate of drug-likeness (QED) is 0.509. The van der Waals surface area contributed by atoms with Crippen LogP contribution in [0.3, 0.4) is 0 Å². The maximum Gasteiger partial charge on any atom is 0.309 e. The topological polar surface area (TPSA) is 69.1 Å². The molecule has 42 valence electrons. The molecule has 0 fully saturated rings. The van der Waals surface area contributed by atoms with Crippen LogP contribution in [0.5, 0.6) is 0 Å². The van der Waals surface area contributed by atoms with Crippen LogP contribution < -0.4 is 11.5 Å². The van der Waals surface area contributed by atoms with Crippen LogP contribution >= 0.6 is 12.4 Å². The Morgan fingerprint density at radius 1 is 1.33 bits per heavy atom. The molecule has 4 N–H and O–H groups in total. The van der Waals surface area contributed by atoms with Crippen molar-refractivity contribution in [2.24, 2.45) is 11.5 Å². The summed E-state index contributed by atoms with van der Waals surface area (Å²) >= 11 is 0. The Hall–Kier alpha value is 0.222. The van der Waals surface area contributed by atoms with Gasteiger partial charge in [-0.05, 0) is 0 Å². The second-order valence-corrected chi connectivity index (χ2v) is 0.402. The van der Waals surface area contributed by atoms with Gasteiger partial charge in [0.1, 0.15) is 0 Å². The second kappa shape index (κ2) is 8.97. The number of primary amides is 2. The standard InChI is InChI=1S/CH4N2O.ClH.Pd/c2-1(3)4;;/h(H4,2,3,4);1H;. The zero-order valence-corrected chi connectivity index (χ0v) is 5.16. The molecule has 0 saturated heterocycles. The van der Waals surface area contributed by atoms with Crippen LogP contribution in [-0.4, -0.2) is 6.03 Å². The molecule has 0 aliphatic rings. The molecule has 0 unspecified atom stereocenters. The van der Waals surface area contributed by atoms with Crippen molar-refractivity contribution in [2.45, 2.75) is 0 Å². The molecular weight excluding hydrogens is 198 g/mol. The van der Waals surface area contributed by atoms with Crippen molar-refractivity contribution in [3.05, 3.63) is 0 Å². The minimum Gasteiger partial charge on any atom is -0.352 e. The largest absolute Gasteiger partial charge is 0.352 e. The molecule has 0 aromatic carbocycles. The van der Waals surface area contributed by atoms with Crippen molar-refractivity contribution in [3.8, 4) is 0 Å². The van der Waals surface area contributed by atoms with Crippen molar-refractivity contribution in [3.63, 3.8) is 0 Å². The zero-order valence-electron chi connectivity index (χ0n) is 2.79. The Morgan fingerprint density at radius 2 is 1.33 bits per heavy atom. The summed E-state index contributed by atoms with van der Waals surface area (Å²) < 4.78 is 0. The molecule has 0 aliphatic carbocycles. The van der Waals surface area contributed by atoms with Crippen molar-refractivity contribution in [1.82, 2.24) is 0 Å². The molecular formula is CH5ClN2OPd. The molecule has 0 aromatic rings. The third kappa shape index (κ3) is 887. The van der Waals surface area contributed by atoms with E-state index in [9.17, 15) is 0 Å². The Kier molecular flexibility index (Phi) is 24.4. The van der Waals surface area contributed by atoms with Crippen molar-refractivity contribution < 1.29 is 25.2 Å². The molecule has 0 saturated carbocycles. The number of hydrogen-bond acceptors (Lipinski definition) is 1. The van der Waals surface area contributed by atoms with Gasteiger partial charge in [-0.25, -0.2) is 4.79 Å². The fraction of sp³-hybridized carbons (Fsp3) is 0. The van der Waals surface area contributed by atoms with Gasteiger partial charge in [0.25, 0.3) is 0 Å². The average Bonchev–Trinajstić information content (AvgIpc) is 0.811. The van der Waals surface area contributed by atoms with Crippen LogP contribution in [0.15, 0.2) is 0 Å². The van der Waals surface area contributed by atoms with Crippen LogP contribution in [0.2, 0.25) is 0 Å². The van der Waals surface area contributed by atoms with Gasteiger partial charge >= 0.3 is 6.03 Å². The molecule has 0 radical (unpaired) electrons. The average molecular weight is 203 g/mol. The molecule has 0 atom stereocenters. The molecule has 3 nitrogen and oxygen atoms in total. The fourth-order valence-corrected chi connectivity index (χ4v) is 0. The molecule has 6 heavy (non-hydrogen) atoms. The zero-order chi connectivity index (χ0) is 3.58. The molecule has 2 amide bonds. The first-order valence-corrected chi connectivity index (χ1v) is 0.781. The van der Waals surface area contributed by atoms with Crippen LogP contribution in [0, 0.1) is 0 Å². The Labute approximate surface area is 55.5 Å². The van der Waals surface area contributed by atoms with E-state index >= 15 is 0 Å². The minimum absolute atomic E-state index is 0. The predicted octanol–water partition coefficient (Wildman–Crippen LogP) is -0.557. The summed E-state index contributed by atoms with van der Waals surface area (Å²) in [5.41, 5.74) is 8.50. The van der Waals surface area contributed by atoms with Gasteiger partial charge in [0, 0.05) is 20.4 Å². The summed E-state index contributed by atoms with van der Waals surface area (Å²) in [7, 11) is 0. The monoisotopic (exact) mass is 202 g/mol. The van der Waals surface area contributed by atoms with Crippen molar-refractivity contribution in [2.75, 3.05) is 0 Å². The summed E-state index contributed by atoms with van der Waals surface area (Å²) in [6.45, 7) is 0. The van der Waals surface area contributed by atoms with Crippen LogP contribution in [0.25, 0.3) is 0 Å². The summed E-state index contributed by atoms with van der Waals surface area (Å²) in [6, 6.07) is -0.833. The number of nitrogens with two attached hydrogens (primary N) is 2. The maximum absolute atomic E-state index is 9.00. The molecule has 0 bridgehead atoms. The van der Waals surface area contributed by atoms with Gasteiger partial charge in [0.15, 0.2) is 0 Å². The van der Waals surface area contributed by atoms with Gasteiger partial charge in [-0.2, -0.15) is 0 Å². The van der Waals surface area contributed by atoms with Gasteiger partial charge in [0.2, 0.25) is 0 Å². The maximum atomic E-state index is 9.00. The molecule has 5 heteroatoms. The van der Waals surface area contributed by atoms with E-state index in [1.165, 1.54) is 0 Å². The fourth-order valence-electron chi connectivity index (χ4n) is 0. The third-order valence-corrected chi connectivity index (χ3v) is 0. The number of urea groups is 1. The Morgan fingerprint density at radius 3 is 1.33 bits per heavy atom. The molecule has 0 rings (SSSR count). The molecule has 0 spiro atoms. The minimum atomic E-state index is -0.833. The molecule has 0 heterocycles. The van der Waals surface area contributed by atoms with E-state index < -0.39 is 6.03 Å². The first-order valence-electron chi connectivity index (χ1n) is 0.781. The Bertz CT molecular complexity index is 36.5. The van der Waals surface area contributed by atoms with E-state index in [1.807, 2.05) is 0 Å². The van der Waals surface area contributed by atoms with E-state index in [1.54, 1.807) is 0 Å². The molecule has 0 aromatic heterocycles. The van der Waals surface area contributed by atoms with E-state index in [0.29, 0.717) is 0 Å². The van der Waals surface area contributed by atoms with Gasteiger partial charge < -0.3 is 11.5 Å². The van der Waals surface area contributed by atoms with Crippen molar-refractivity contribution >= 4 is 18.4 Å². The van der Waals surface area contributed by atoms with E-state index in [-0.39, 0.29) is 32.8 Å². The van der Waals surface area contributed by atoms with Crippen molar-refractivity contribution in [1.29, 1.82) is 0 Å². The smallest absolute Gasteiger partial charge is 0.309 e. The number of hydrogen-bond donors (Lipinski definition) is 2.